The molecule has 1 N–H and O–H groups in total. The van der Waals surface area contributed by atoms with Crippen molar-refractivity contribution in [3.8, 4) is 9.85 Å². The monoisotopic (exact) mass is 393 g/mol. The van der Waals surface area contributed by atoms with Gasteiger partial charge in [-0.05, 0) is 23.2 Å². The van der Waals surface area contributed by atoms with Crippen molar-refractivity contribution in [1.82, 2.24) is 5.32 Å². The quantitative estimate of drug-likeness (QED) is 0.254. The highest BCUT2D eigenvalue weighted by molar-refractivity contribution is 14.1. The van der Waals surface area contributed by atoms with Crippen molar-refractivity contribution in [3.05, 3.63) is 0 Å². The highest BCUT2D eigenvalue weighted by atomic mass is 127. The lowest BCUT2D eigenvalue weighted by Gasteiger charge is -2.04. The highest BCUT2D eigenvalue weighted by Crippen LogP contribution is 2.03. The minimum Gasteiger partial charge on any atom is -0.466 e. The standard InChI is InChI=1S/C15H24INO3/c1-2-3-4-8-13-20-15(19)9-6-5-7-12-17-14(18)10-11-16/h2-9,12-13H2,1H3,(H,17,18). The summed E-state index contributed by atoms with van der Waals surface area (Å²) in [6.45, 7) is 3.31. The van der Waals surface area contributed by atoms with Gasteiger partial charge in [0.1, 0.15) is 0 Å². The molecule has 20 heavy (non-hydrogen) atoms. The second-order valence-corrected chi connectivity index (χ2v) is 5.11. The zero-order valence-corrected chi connectivity index (χ0v) is 14.3. The summed E-state index contributed by atoms with van der Waals surface area (Å²) < 4.78 is 7.65. The van der Waals surface area contributed by atoms with Crippen molar-refractivity contribution in [2.75, 3.05) is 13.2 Å². The predicted octanol–water partition coefficient (Wildman–Crippen LogP) is 3.18. The summed E-state index contributed by atoms with van der Waals surface area (Å²) in [7, 11) is 0. The molecular weight excluding hydrogens is 369 g/mol. The van der Waals surface area contributed by atoms with Gasteiger partial charge in [-0.3, -0.25) is 9.59 Å². The molecule has 0 radical (unpaired) electrons. The number of nitrogens with one attached hydrogen (secondary N) is 1. The van der Waals surface area contributed by atoms with Gasteiger partial charge in [0.05, 0.1) is 6.61 Å². The number of halogens is 1. The molecule has 0 saturated carbocycles. The maximum Gasteiger partial charge on any atom is 0.305 e. The van der Waals surface area contributed by atoms with Crippen LogP contribution in [-0.2, 0) is 14.3 Å². The van der Waals surface area contributed by atoms with Crippen molar-refractivity contribution in [2.24, 2.45) is 0 Å². The lowest BCUT2D eigenvalue weighted by Crippen LogP contribution is -2.22. The summed E-state index contributed by atoms with van der Waals surface area (Å²) >= 11 is 1.83. The highest BCUT2D eigenvalue weighted by Gasteiger charge is 2.02. The van der Waals surface area contributed by atoms with Crippen molar-refractivity contribution in [2.45, 2.75) is 58.3 Å². The minimum atomic E-state index is -0.245. The Bertz CT molecular complexity index is 334. The van der Waals surface area contributed by atoms with E-state index in [1.54, 1.807) is 0 Å². The summed E-state index contributed by atoms with van der Waals surface area (Å²) in [6, 6.07) is 0. The van der Waals surface area contributed by atoms with Crippen molar-refractivity contribution >= 4 is 34.5 Å². The Hall–Kier alpha value is -0.770. The van der Waals surface area contributed by atoms with Gasteiger partial charge in [-0.15, -0.1) is 0 Å². The summed E-state index contributed by atoms with van der Waals surface area (Å²) in [6.07, 6.45) is 7.52. The third-order valence-electron chi connectivity index (χ3n) is 2.76. The van der Waals surface area contributed by atoms with E-state index in [-0.39, 0.29) is 11.9 Å². The van der Waals surface area contributed by atoms with Gasteiger partial charge in [0.2, 0.25) is 0 Å². The van der Waals surface area contributed by atoms with Gasteiger partial charge in [0.15, 0.2) is 0 Å². The molecule has 0 atom stereocenters. The Morgan fingerprint density at radius 3 is 2.55 bits per heavy atom. The number of unbranched alkanes of at least 4 members (excludes halogenated alkanes) is 5. The van der Waals surface area contributed by atoms with E-state index in [4.69, 9.17) is 4.74 Å². The average molecular weight is 393 g/mol. The fourth-order valence-electron chi connectivity index (χ4n) is 1.65. The molecule has 0 spiro atoms. The molecule has 0 heterocycles. The first-order valence-electron chi connectivity index (χ1n) is 7.25. The van der Waals surface area contributed by atoms with Crippen LogP contribution in [0.1, 0.15) is 58.3 Å². The molecule has 114 valence electrons. The van der Waals surface area contributed by atoms with Crippen LogP contribution in [0.4, 0.5) is 0 Å². The van der Waals surface area contributed by atoms with Crippen LogP contribution in [0.5, 0.6) is 0 Å². The lowest BCUT2D eigenvalue weighted by atomic mass is 10.2. The molecule has 0 aliphatic carbocycles. The summed E-state index contributed by atoms with van der Waals surface area (Å²) in [4.78, 5) is 22.4. The first kappa shape index (κ1) is 19.2. The van der Waals surface area contributed by atoms with E-state index < -0.39 is 0 Å². The summed E-state index contributed by atoms with van der Waals surface area (Å²) in [5, 5.41) is 2.69. The van der Waals surface area contributed by atoms with E-state index >= 15 is 0 Å². The maximum atomic E-state index is 11.4. The van der Waals surface area contributed by atoms with Crippen LogP contribution in [-0.4, -0.2) is 25.0 Å². The zero-order valence-electron chi connectivity index (χ0n) is 12.2. The van der Waals surface area contributed by atoms with Gasteiger partial charge in [0, 0.05) is 41.5 Å². The average Bonchev–Trinajstić information content (AvgIpc) is 2.42. The Kier molecular flexibility index (Phi) is 14.1. The van der Waals surface area contributed by atoms with E-state index in [1.165, 1.54) is 12.8 Å². The normalized spacial score (nSPS) is 9.50. The second kappa shape index (κ2) is 14.6. The molecule has 0 aromatic rings. The molecule has 0 unspecified atom stereocenters. The van der Waals surface area contributed by atoms with E-state index in [9.17, 15) is 9.59 Å². The van der Waals surface area contributed by atoms with E-state index in [2.05, 4.69) is 22.1 Å². The number of rotatable bonds is 11. The molecule has 1 amide bonds. The van der Waals surface area contributed by atoms with Crippen LogP contribution < -0.4 is 5.32 Å². The molecule has 5 heteroatoms. The van der Waals surface area contributed by atoms with Crippen LogP contribution in [0.25, 0.3) is 0 Å². The van der Waals surface area contributed by atoms with Crippen molar-refractivity contribution < 1.29 is 14.3 Å². The van der Waals surface area contributed by atoms with Crippen LogP contribution in [0.3, 0.4) is 0 Å². The van der Waals surface area contributed by atoms with Gasteiger partial charge in [-0.2, -0.15) is 0 Å². The molecule has 0 aromatic heterocycles. The third kappa shape index (κ3) is 13.7. The first-order chi connectivity index (χ1) is 9.70. The number of ether oxygens (including phenoxy) is 1. The molecule has 0 aliphatic heterocycles. The van der Waals surface area contributed by atoms with Crippen molar-refractivity contribution in [1.29, 1.82) is 0 Å². The molecule has 0 bridgehead atoms. The topological polar surface area (TPSA) is 55.4 Å². The van der Waals surface area contributed by atoms with Gasteiger partial charge in [0.25, 0.3) is 5.91 Å². The Labute approximate surface area is 135 Å². The predicted molar refractivity (Wildman–Crippen MR) is 88.4 cm³/mol. The van der Waals surface area contributed by atoms with Crippen LogP contribution in [0, 0.1) is 9.85 Å². The van der Waals surface area contributed by atoms with Gasteiger partial charge >= 0.3 is 5.97 Å². The van der Waals surface area contributed by atoms with Crippen molar-refractivity contribution in [3.63, 3.8) is 0 Å². The molecule has 0 aromatic carbocycles. The van der Waals surface area contributed by atoms with Gasteiger partial charge in [-0.1, -0.05) is 32.6 Å². The van der Waals surface area contributed by atoms with E-state index in [0.29, 0.717) is 19.6 Å². The number of hydrogen-bond acceptors (Lipinski definition) is 3. The molecule has 0 saturated heterocycles. The number of esters is 1. The summed E-state index contributed by atoms with van der Waals surface area (Å²) in [5.41, 5.74) is 0. The third-order valence-corrected chi connectivity index (χ3v) is 3.03. The number of carbonyl (C=O) groups is 2. The lowest BCUT2D eigenvalue weighted by molar-refractivity contribution is -0.143. The molecular formula is C15H24INO3. The fraction of sp³-hybridized carbons (Fsp3) is 0.733. The van der Waals surface area contributed by atoms with Crippen LogP contribution in [0.15, 0.2) is 0 Å². The molecule has 4 nitrogen and oxygen atoms in total. The molecule has 0 aliphatic rings. The number of amides is 1. The Balaban J connectivity index is 3.30. The molecule has 0 rings (SSSR count). The number of hydrogen-bond donors (Lipinski definition) is 1. The second-order valence-electron chi connectivity index (χ2n) is 4.57. The van der Waals surface area contributed by atoms with Crippen LogP contribution in [0.2, 0.25) is 0 Å². The maximum absolute atomic E-state index is 11.4. The largest absolute Gasteiger partial charge is 0.466 e. The fourth-order valence-corrected chi connectivity index (χ4v) is 1.89. The first-order valence-corrected chi connectivity index (χ1v) is 8.33. The van der Waals surface area contributed by atoms with Crippen LogP contribution >= 0.6 is 22.6 Å². The Morgan fingerprint density at radius 2 is 1.85 bits per heavy atom. The van der Waals surface area contributed by atoms with E-state index in [0.717, 1.165) is 32.1 Å². The smallest absolute Gasteiger partial charge is 0.305 e. The van der Waals surface area contributed by atoms with Gasteiger partial charge < -0.3 is 10.1 Å². The number of carbonyl (C=O) groups excluding carboxylic acids is 2. The molecule has 0 fully saturated rings. The van der Waals surface area contributed by atoms with Gasteiger partial charge in [-0.25, -0.2) is 0 Å². The Morgan fingerprint density at radius 1 is 1.10 bits per heavy atom. The minimum absolute atomic E-state index is 0.110. The summed E-state index contributed by atoms with van der Waals surface area (Å²) in [5.74, 6) is 2.05. The van der Waals surface area contributed by atoms with E-state index in [1.807, 2.05) is 22.6 Å². The zero-order chi connectivity index (χ0) is 15.1. The SMILES string of the molecule is CCCCCCOC(=O)CCCCCNC(=O)C#CI.